The lowest BCUT2D eigenvalue weighted by molar-refractivity contribution is -0.239. The summed E-state index contributed by atoms with van der Waals surface area (Å²) in [4.78, 5) is 16.9. The standard InChI is InChI=1S/C9H19O11P/c10-3(2-20-21(16,17)18)1-19-9-7(14)5(12)4(11)6(13)8(9)15/h3-15H,1-2H2,(H2,16,17,18). The molecule has 0 aliphatic heterocycles. The molecule has 0 heterocycles. The van der Waals surface area contributed by atoms with Crippen LogP contribution in [0.5, 0.6) is 0 Å². The van der Waals surface area contributed by atoms with E-state index in [0.717, 1.165) is 0 Å². The molecule has 126 valence electrons. The van der Waals surface area contributed by atoms with E-state index >= 15 is 0 Å². The number of aliphatic hydroxyl groups excluding tert-OH is 6. The molecule has 12 heteroatoms. The third-order valence-corrected chi connectivity index (χ3v) is 3.47. The van der Waals surface area contributed by atoms with E-state index in [1.54, 1.807) is 0 Å². The van der Waals surface area contributed by atoms with Crippen LogP contribution in [0.25, 0.3) is 0 Å². The highest BCUT2D eigenvalue weighted by molar-refractivity contribution is 7.46. The Morgan fingerprint density at radius 2 is 1.29 bits per heavy atom. The van der Waals surface area contributed by atoms with Crippen LogP contribution in [0.3, 0.4) is 0 Å². The van der Waals surface area contributed by atoms with Gasteiger partial charge in [0.2, 0.25) is 0 Å². The largest absolute Gasteiger partial charge is 0.469 e. The minimum absolute atomic E-state index is 0.603. The summed E-state index contributed by atoms with van der Waals surface area (Å²) in [6.45, 7) is -1.37. The van der Waals surface area contributed by atoms with Crippen molar-refractivity contribution in [3.8, 4) is 0 Å². The molecule has 11 nitrogen and oxygen atoms in total. The Hall–Kier alpha value is -0.170. The lowest BCUT2D eigenvalue weighted by Crippen LogP contribution is -2.64. The van der Waals surface area contributed by atoms with E-state index in [-0.39, 0.29) is 0 Å². The molecular weight excluding hydrogens is 315 g/mol. The molecule has 8 N–H and O–H groups in total. The summed E-state index contributed by atoms with van der Waals surface area (Å²) in [7, 11) is -4.76. The first-order valence-corrected chi connectivity index (χ1v) is 7.47. The molecule has 0 aromatic carbocycles. The van der Waals surface area contributed by atoms with Gasteiger partial charge in [0.15, 0.2) is 0 Å². The Bertz CT molecular complexity index is 357. The molecule has 1 aliphatic rings. The SMILES string of the molecule is O=P(O)(O)OCC(O)COC1C(O)C(O)C(O)C(O)C1O. The maximum absolute atomic E-state index is 10.4. The molecule has 1 saturated carbocycles. The minimum atomic E-state index is -4.76. The summed E-state index contributed by atoms with van der Waals surface area (Å²) in [6.07, 6.45) is -11.8. The van der Waals surface area contributed by atoms with E-state index in [0.29, 0.717) is 0 Å². The number of hydrogen-bond donors (Lipinski definition) is 8. The molecule has 1 fully saturated rings. The Kier molecular flexibility index (Phi) is 6.65. The van der Waals surface area contributed by atoms with Crippen molar-refractivity contribution in [2.75, 3.05) is 13.2 Å². The van der Waals surface area contributed by atoms with Crippen LogP contribution >= 0.6 is 7.82 Å². The molecule has 0 aromatic heterocycles. The highest BCUT2D eigenvalue weighted by Gasteiger charge is 2.49. The Morgan fingerprint density at radius 1 is 0.857 bits per heavy atom. The fourth-order valence-corrected chi connectivity index (χ4v) is 2.21. The fraction of sp³-hybridized carbons (Fsp3) is 1.00. The smallest absolute Gasteiger partial charge is 0.388 e. The second-order valence-corrected chi connectivity index (χ2v) is 5.93. The average Bonchev–Trinajstić information content (AvgIpc) is 2.40. The van der Waals surface area contributed by atoms with E-state index < -0.39 is 63.8 Å². The Morgan fingerprint density at radius 3 is 1.71 bits per heavy atom. The van der Waals surface area contributed by atoms with Gasteiger partial charge in [-0.05, 0) is 0 Å². The summed E-state index contributed by atoms with van der Waals surface area (Å²) in [5.41, 5.74) is 0. The van der Waals surface area contributed by atoms with Crippen LogP contribution in [0.15, 0.2) is 0 Å². The second-order valence-electron chi connectivity index (χ2n) is 4.69. The molecule has 0 radical (unpaired) electrons. The van der Waals surface area contributed by atoms with Crippen molar-refractivity contribution in [1.82, 2.24) is 0 Å². The highest BCUT2D eigenvalue weighted by atomic mass is 31.2. The molecule has 5 atom stereocenters. The molecule has 21 heavy (non-hydrogen) atoms. The van der Waals surface area contributed by atoms with Crippen molar-refractivity contribution in [2.45, 2.75) is 42.7 Å². The van der Waals surface area contributed by atoms with Crippen molar-refractivity contribution in [1.29, 1.82) is 0 Å². The molecule has 0 spiro atoms. The molecule has 0 amide bonds. The summed E-state index contributed by atoms with van der Waals surface area (Å²) < 4.78 is 19.3. The van der Waals surface area contributed by atoms with Crippen LogP contribution < -0.4 is 0 Å². The molecule has 1 aliphatic carbocycles. The maximum Gasteiger partial charge on any atom is 0.469 e. The van der Waals surface area contributed by atoms with Crippen LogP contribution in [-0.4, -0.2) is 96.4 Å². The number of rotatable bonds is 6. The molecule has 0 saturated heterocycles. The summed E-state index contributed by atoms with van der Waals surface area (Å²) in [6, 6.07) is 0. The first kappa shape index (κ1) is 18.9. The van der Waals surface area contributed by atoms with Crippen molar-refractivity contribution >= 4 is 7.82 Å². The van der Waals surface area contributed by atoms with E-state index in [1.807, 2.05) is 0 Å². The first-order chi connectivity index (χ1) is 9.54. The fourth-order valence-electron chi connectivity index (χ4n) is 1.85. The number of aliphatic hydroxyl groups is 6. The van der Waals surface area contributed by atoms with Crippen molar-refractivity contribution in [2.24, 2.45) is 0 Å². The quantitative estimate of drug-likeness (QED) is 0.218. The number of phosphoric acid groups is 1. The zero-order chi connectivity index (χ0) is 16.4. The van der Waals surface area contributed by atoms with Gasteiger partial charge < -0.3 is 45.2 Å². The van der Waals surface area contributed by atoms with Gasteiger partial charge in [0, 0.05) is 0 Å². The first-order valence-electron chi connectivity index (χ1n) is 5.94. The lowest BCUT2D eigenvalue weighted by atomic mass is 9.85. The van der Waals surface area contributed by atoms with Crippen LogP contribution in [0.1, 0.15) is 0 Å². The van der Waals surface area contributed by atoms with Crippen molar-refractivity contribution in [3.63, 3.8) is 0 Å². The predicted molar refractivity (Wildman–Crippen MR) is 63.8 cm³/mol. The zero-order valence-electron chi connectivity index (χ0n) is 10.7. The second kappa shape index (κ2) is 7.40. The average molecular weight is 334 g/mol. The molecular formula is C9H19O11P. The van der Waals surface area contributed by atoms with Crippen LogP contribution in [-0.2, 0) is 13.8 Å². The van der Waals surface area contributed by atoms with Crippen LogP contribution in [0.4, 0.5) is 0 Å². The monoisotopic (exact) mass is 334 g/mol. The summed E-state index contributed by atoms with van der Waals surface area (Å²) in [5.74, 6) is 0. The molecule has 0 aromatic rings. The number of hydrogen-bond acceptors (Lipinski definition) is 9. The van der Waals surface area contributed by atoms with E-state index in [4.69, 9.17) is 14.5 Å². The van der Waals surface area contributed by atoms with Gasteiger partial charge in [-0.2, -0.15) is 0 Å². The van der Waals surface area contributed by atoms with Gasteiger partial charge in [-0.3, -0.25) is 4.52 Å². The number of ether oxygens (including phenoxy) is 1. The van der Waals surface area contributed by atoms with Gasteiger partial charge in [0.25, 0.3) is 0 Å². The Balaban J connectivity index is 2.51. The van der Waals surface area contributed by atoms with Crippen molar-refractivity contribution in [3.05, 3.63) is 0 Å². The lowest BCUT2D eigenvalue weighted by Gasteiger charge is -2.41. The van der Waals surface area contributed by atoms with E-state index in [1.165, 1.54) is 0 Å². The van der Waals surface area contributed by atoms with Crippen LogP contribution in [0.2, 0.25) is 0 Å². The van der Waals surface area contributed by atoms with Gasteiger partial charge in [-0.25, -0.2) is 4.57 Å². The normalized spacial score (nSPS) is 39.2. The number of phosphoric ester groups is 1. The predicted octanol–water partition coefficient (Wildman–Crippen LogP) is -4.34. The molecule has 1 rings (SSSR count). The summed E-state index contributed by atoms with van der Waals surface area (Å²) in [5, 5.41) is 56.8. The highest BCUT2D eigenvalue weighted by Crippen LogP contribution is 2.35. The Labute approximate surface area is 119 Å². The third-order valence-electron chi connectivity index (χ3n) is 2.99. The van der Waals surface area contributed by atoms with Crippen molar-refractivity contribution < 1.29 is 54.3 Å². The zero-order valence-corrected chi connectivity index (χ0v) is 11.6. The van der Waals surface area contributed by atoms with Gasteiger partial charge in [0.1, 0.15) is 42.7 Å². The summed E-state index contributed by atoms with van der Waals surface area (Å²) >= 11 is 0. The van der Waals surface area contributed by atoms with Gasteiger partial charge in [-0.1, -0.05) is 0 Å². The van der Waals surface area contributed by atoms with Gasteiger partial charge in [0.05, 0.1) is 13.2 Å². The third kappa shape index (κ3) is 5.20. The van der Waals surface area contributed by atoms with Crippen LogP contribution in [0, 0.1) is 0 Å². The van der Waals surface area contributed by atoms with E-state index in [2.05, 4.69) is 4.52 Å². The minimum Gasteiger partial charge on any atom is -0.388 e. The maximum atomic E-state index is 10.4. The van der Waals surface area contributed by atoms with Gasteiger partial charge in [-0.15, -0.1) is 0 Å². The topological polar surface area (TPSA) is 197 Å². The van der Waals surface area contributed by atoms with Gasteiger partial charge >= 0.3 is 7.82 Å². The molecule has 5 unspecified atom stereocenters. The van der Waals surface area contributed by atoms with E-state index in [9.17, 15) is 35.2 Å². The molecule has 0 bridgehead atoms.